The van der Waals surface area contributed by atoms with E-state index in [2.05, 4.69) is 4.18 Å². The quantitative estimate of drug-likeness (QED) is 0.530. The predicted octanol–water partition coefficient (Wildman–Crippen LogP) is 2.25. The van der Waals surface area contributed by atoms with Gasteiger partial charge in [-0.15, -0.1) is 11.6 Å². The molecule has 0 saturated carbocycles. The van der Waals surface area contributed by atoms with E-state index >= 15 is 0 Å². The van der Waals surface area contributed by atoms with Gasteiger partial charge in [-0.25, -0.2) is 0 Å². The molecule has 0 bridgehead atoms. The van der Waals surface area contributed by atoms with E-state index < -0.39 is 10.1 Å². The molecule has 0 fully saturated rings. The average molecular weight is 243 g/mol. The lowest BCUT2D eigenvalue weighted by atomic mass is 9.86. The van der Waals surface area contributed by atoms with Crippen molar-refractivity contribution in [3.8, 4) is 0 Å². The van der Waals surface area contributed by atoms with E-state index in [-0.39, 0.29) is 17.1 Å². The average Bonchev–Trinajstić information content (AvgIpc) is 2.02. The zero-order valence-corrected chi connectivity index (χ0v) is 10.8. The molecule has 0 aliphatic rings. The lowest BCUT2D eigenvalue weighted by Crippen LogP contribution is -2.23. The smallest absolute Gasteiger partial charge is 0.267 e. The summed E-state index contributed by atoms with van der Waals surface area (Å²) in [6, 6.07) is 0. The van der Waals surface area contributed by atoms with Crippen molar-refractivity contribution in [2.24, 2.45) is 11.3 Å². The fraction of sp³-hybridized carbons (Fsp3) is 1.00. The van der Waals surface area contributed by atoms with Gasteiger partial charge in [0.25, 0.3) is 10.1 Å². The van der Waals surface area contributed by atoms with E-state index in [4.69, 9.17) is 11.6 Å². The fourth-order valence-electron chi connectivity index (χ4n) is 1.47. The minimum absolute atomic E-state index is 0.0236. The predicted molar refractivity (Wildman–Crippen MR) is 59.1 cm³/mol. The van der Waals surface area contributed by atoms with Crippen molar-refractivity contribution in [3.63, 3.8) is 0 Å². The van der Waals surface area contributed by atoms with Crippen molar-refractivity contribution in [2.45, 2.75) is 27.2 Å². The summed E-state index contributed by atoms with van der Waals surface area (Å²) in [7, 11) is -2.15. The molecule has 0 rings (SSSR count). The first-order valence-corrected chi connectivity index (χ1v) is 6.68. The molecule has 0 N–H and O–H groups in total. The van der Waals surface area contributed by atoms with Gasteiger partial charge >= 0.3 is 0 Å². The molecule has 0 aromatic carbocycles. The van der Waals surface area contributed by atoms with Crippen LogP contribution in [0.5, 0.6) is 0 Å². The molecule has 1 unspecified atom stereocenters. The Morgan fingerprint density at radius 3 is 2.29 bits per heavy atom. The molecular weight excluding hydrogens is 224 g/mol. The van der Waals surface area contributed by atoms with Gasteiger partial charge in [0.15, 0.2) is 0 Å². The lowest BCUT2D eigenvalue weighted by molar-refractivity contribution is 0.318. The van der Waals surface area contributed by atoms with Gasteiger partial charge in [-0.05, 0) is 17.8 Å². The number of hydrogen-bond donors (Lipinski definition) is 0. The fourth-order valence-corrected chi connectivity index (χ4v) is 2.53. The van der Waals surface area contributed by atoms with Crippen LogP contribution in [-0.2, 0) is 14.3 Å². The summed E-state index contributed by atoms with van der Waals surface area (Å²) in [5.74, 6) is 0.655. The van der Waals surface area contributed by atoms with Crippen LogP contribution in [-0.4, -0.2) is 27.2 Å². The van der Waals surface area contributed by atoms with E-state index in [0.29, 0.717) is 5.88 Å². The summed E-state index contributed by atoms with van der Waals surface area (Å²) in [6.45, 7) is 5.94. The summed E-state index contributed by atoms with van der Waals surface area (Å²) < 4.78 is 26.7. The van der Waals surface area contributed by atoms with E-state index in [1.165, 1.54) is 7.11 Å². The molecule has 14 heavy (non-hydrogen) atoms. The van der Waals surface area contributed by atoms with Gasteiger partial charge in [-0.2, -0.15) is 8.42 Å². The first-order valence-electron chi connectivity index (χ1n) is 4.57. The third-order valence-electron chi connectivity index (χ3n) is 2.01. The molecule has 0 aromatic heterocycles. The second kappa shape index (κ2) is 5.33. The molecule has 1 atom stereocenters. The van der Waals surface area contributed by atoms with E-state index in [9.17, 15) is 8.42 Å². The molecule has 0 saturated heterocycles. The Kier molecular flexibility index (Phi) is 5.41. The number of alkyl halides is 1. The van der Waals surface area contributed by atoms with Crippen LogP contribution in [0, 0.1) is 11.3 Å². The van der Waals surface area contributed by atoms with E-state index in [1.54, 1.807) is 0 Å². The van der Waals surface area contributed by atoms with Crippen LogP contribution in [0.15, 0.2) is 0 Å². The van der Waals surface area contributed by atoms with Crippen molar-refractivity contribution in [2.75, 3.05) is 18.7 Å². The first kappa shape index (κ1) is 14.2. The Morgan fingerprint density at radius 1 is 1.43 bits per heavy atom. The number of rotatable bonds is 6. The molecule has 0 aliphatic heterocycles. The number of halogens is 1. The maximum absolute atomic E-state index is 11.1. The topological polar surface area (TPSA) is 43.4 Å². The van der Waals surface area contributed by atoms with Gasteiger partial charge in [-0.1, -0.05) is 20.8 Å². The second-order valence-corrected chi connectivity index (χ2v) is 6.55. The van der Waals surface area contributed by atoms with Gasteiger partial charge in [0.2, 0.25) is 0 Å². The molecule has 0 heterocycles. The van der Waals surface area contributed by atoms with Crippen molar-refractivity contribution in [3.05, 3.63) is 0 Å². The lowest BCUT2D eigenvalue weighted by Gasteiger charge is -2.25. The van der Waals surface area contributed by atoms with Crippen LogP contribution < -0.4 is 0 Å². The highest BCUT2D eigenvalue weighted by atomic mass is 35.5. The van der Waals surface area contributed by atoms with Gasteiger partial charge in [-0.3, -0.25) is 4.18 Å². The van der Waals surface area contributed by atoms with Crippen molar-refractivity contribution in [1.82, 2.24) is 0 Å². The van der Waals surface area contributed by atoms with Gasteiger partial charge in [0.05, 0.1) is 12.9 Å². The molecule has 86 valence electrons. The molecule has 5 heteroatoms. The zero-order chi connectivity index (χ0) is 11.4. The highest BCUT2D eigenvalue weighted by Crippen LogP contribution is 2.27. The maximum atomic E-state index is 11.1. The van der Waals surface area contributed by atoms with Crippen LogP contribution in [0.3, 0.4) is 0 Å². The van der Waals surface area contributed by atoms with Crippen LogP contribution in [0.2, 0.25) is 0 Å². The summed E-state index contributed by atoms with van der Waals surface area (Å²) >= 11 is 5.76. The monoisotopic (exact) mass is 242 g/mol. The standard InChI is InChI=1S/C9H19ClO3S/c1-8(5-9(2,3)7-10)6-14(11,12)13-4/h8H,5-7H2,1-4H3. The Morgan fingerprint density at radius 2 is 1.93 bits per heavy atom. The van der Waals surface area contributed by atoms with Crippen LogP contribution >= 0.6 is 11.6 Å². The molecule has 0 amide bonds. The molecule has 0 radical (unpaired) electrons. The van der Waals surface area contributed by atoms with Crippen LogP contribution in [0.25, 0.3) is 0 Å². The zero-order valence-electron chi connectivity index (χ0n) is 9.21. The van der Waals surface area contributed by atoms with Crippen LogP contribution in [0.1, 0.15) is 27.2 Å². The van der Waals surface area contributed by atoms with E-state index in [0.717, 1.165) is 6.42 Å². The van der Waals surface area contributed by atoms with Crippen molar-refractivity contribution >= 4 is 21.7 Å². The second-order valence-electron chi connectivity index (χ2n) is 4.50. The minimum Gasteiger partial charge on any atom is -0.273 e. The Balaban J connectivity index is 4.18. The molecule has 0 spiro atoms. The Hall–Kier alpha value is 0.200. The summed E-state index contributed by atoms with van der Waals surface area (Å²) in [6.07, 6.45) is 0.777. The van der Waals surface area contributed by atoms with Crippen molar-refractivity contribution < 1.29 is 12.6 Å². The third kappa shape index (κ3) is 5.83. The number of hydrogen-bond acceptors (Lipinski definition) is 3. The normalized spacial score (nSPS) is 15.5. The Bertz CT molecular complexity index is 259. The molecular formula is C9H19ClO3S. The van der Waals surface area contributed by atoms with Gasteiger partial charge in [0, 0.05) is 5.88 Å². The van der Waals surface area contributed by atoms with Crippen LogP contribution in [0.4, 0.5) is 0 Å². The van der Waals surface area contributed by atoms with E-state index in [1.807, 2.05) is 20.8 Å². The maximum Gasteiger partial charge on any atom is 0.267 e. The summed E-state index contributed by atoms with van der Waals surface area (Å²) in [4.78, 5) is 0. The first-order chi connectivity index (χ1) is 6.22. The third-order valence-corrected chi connectivity index (χ3v) is 4.21. The largest absolute Gasteiger partial charge is 0.273 e. The summed E-state index contributed by atoms with van der Waals surface area (Å²) in [5, 5.41) is 0. The molecule has 0 aromatic rings. The highest BCUT2D eigenvalue weighted by molar-refractivity contribution is 7.86. The highest BCUT2D eigenvalue weighted by Gasteiger charge is 2.23. The molecule has 0 aliphatic carbocycles. The van der Waals surface area contributed by atoms with Gasteiger partial charge < -0.3 is 0 Å². The molecule has 3 nitrogen and oxygen atoms in total. The van der Waals surface area contributed by atoms with Crippen molar-refractivity contribution in [1.29, 1.82) is 0 Å². The minimum atomic E-state index is -3.34. The summed E-state index contributed by atoms with van der Waals surface area (Å²) in [5.41, 5.74) is -0.0236. The van der Waals surface area contributed by atoms with Gasteiger partial charge in [0.1, 0.15) is 0 Å². The SMILES string of the molecule is COS(=O)(=O)CC(C)CC(C)(C)CCl. The Labute approximate surface area is 91.9 Å².